The largest absolute Gasteiger partial charge is 0.310 e. The van der Waals surface area contributed by atoms with Crippen molar-refractivity contribution in [3.63, 3.8) is 0 Å². The van der Waals surface area contributed by atoms with E-state index in [1.165, 1.54) is 24.1 Å². The first kappa shape index (κ1) is 12.8. The van der Waals surface area contributed by atoms with Gasteiger partial charge in [-0.15, -0.1) is 0 Å². The Balaban J connectivity index is 1.89. The van der Waals surface area contributed by atoms with Crippen molar-refractivity contribution < 1.29 is 0 Å². The smallest absolute Gasteiger partial charge is 0.153 e. The normalized spacial score (nSPS) is 14.9. The molecule has 100 valence electrons. The van der Waals surface area contributed by atoms with E-state index in [2.05, 4.69) is 45.2 Å². The van der Waals surface area contributed by atoms with Crippen molar-refractivity contribution in [2.24, 2.45) is 0 Å². The lowest BCUT2D eigenvalue weighted by atomic mass is 10.2. The van der Waals surface area contributed by atoms with Crippen LogP contribution in [0, 0.1) is 13.8 Å². The Morgan fingerprint density at radius 3 is 2.79 bits per heavy atom. The van der Waals surface area contributed by atoms with Crippen molar-refractivity contribution in [3.8, 4) is 5.82 Å². The van der Waals surface area contributed by atoms with Gasteiger partial charge in [0.05, 0.1) is 5.69 Å². The van der Waals surface area contributed by atoms with Crippen LogP contribution in [0.3, 0.4) is 0 Å². The molecule has 2 aromatic heterocycles. The molecule has 0 atom stereocenters. The highest BCUT2D eigenvalue weighted by atomic mass is 79.9. The highest BCUT2D eigenvalue weighted by Gasteiger charge is 2.22. The van der Waals surface area contributed by atoms with Crippen LogP contribution in [0.15, 0.2) is 22.8 Å². The van der Waals surface area contributed by atoms with Crippen LogP contribution in [0.25, 0.3) is 5.82 Å². The van der Waals surface area contributed by atoms with E-state index in [-0.39, 0.29) is 0 Å². The van der Waals surface area contributed by atoms with Gasteiger partial charge in [0.15, 0.2) is 5.82 Å². The van der Waals surface area contributed by atoms with Crippen LogP contribution in [0.4, 0.5) is 0 Å². The van der Waals surface area contributed by atoms with E-state index in [4.69, 9.17) is 0 Å². The molecule has 3 rings (SSSR count). The Kier molecular flexibility index (Phi) is 3.41. The van der Waals surface area contributed by atoms with Crippen LogP contribution < -0.4 is 5.32 Å². The zero-order valence-corrected chi connectivity index (χ0v) is 12.7. The number of aromatic nitrogens is 3. The van der Waals surface area contributed by atoms with Crippen molar-refractivity contribution in [2.75, 3.05) is 0 Å². The number of nitrogens with one attached hydrogen (secondary N) is 1. The molecular formula is C14H17BrN4. The first-order valence-corrected chi connectivity index (χ1v) is 7.35. The molecule has 0 spiro atoms. The second-order valence-corrected chi connectivity index (χ2v) is 5.97. The van der Waals surface area contributed by atoms with Gasteiger partial charge >= 0.3 is 0 Å². The molecule has 4 nitrogen and oxygen atoms in total. The molecule has 0 amide bonds. The lowest BCUT2D eigenvalue weighted by molar-refractivity contribution is 0.682. The maximum absolute atomic E-state index is 4.61. The van der Waals surface area contributed by atoms with Gasteiger partial charge in [-0.25, -0.2) is 9.67 Å². The summed E-state index contributed by atoms with van der Waals surface area (Å²) in [5.74, 6) is 0.862. The van der Waals surface area contributed by atoms with Gasteiger partial charge in [0.2, 0.25) is 0 Å². The van der Waals surface area contributed by atoms with Crippen molar-refractivity contribution in [3.05, 3.63) is 39.8 Å². The number of halogens is 1. The molecule has 5 heteroatoms. The minimum Gasteiger partial charge on any atom is -0.310 e. The lowest BCUT2D eigenvalue weighted by Crippen LogP contribution is -2.16. The summed E-state index contributed by atoms with van der Waals surface area (Å²) in [4.78, 5) is 4.40. The molecule has 1 fully saturated rings. The zero-order chi connectivity index (χ0) is 13.4. The summed E-state index contributed by atoms with van der Waals surface area (Å²) in [6.45, 7) is 5.07. The van der Waals surface area contributed by atoms with E-state index >= 15 is 0 Å². The van der Waals surface area contributed by atoms with Crippen LogP contribution in [0.5, 0.6) is 0 Å². The van der Waals surface area contributed by atoms with Gasteiger partial charge in [-0.1, -0.05) is 0 Å². The van der Waals surface area contributed by atoms with Gasteiger partial charge in [-0.2, -0.15) is 5.10 Å². The molecule has 2 aromatic rings. The number of hydrogen-bond donors (Lipinski definition) is 1. The topological polar surface area (TPSA) is 42.7 Å². The summed E-state index contributed by atoms with van der Waals surface area (Å²) in [7, 11) is 0. The standard InChI is InChI=1S/C14H17BrN4/c1-9-13(8-16-12-4-5-12)10(2)19(18-9)14-6-3-11(15)7-17-14/h3,6-7,12,16H,4-5,8H2,1-2H3. The molecule has 19 heavy (non-hydrogen) atoms. The molecule has 1 saturated carbocycles. The fraction of sp³-hybridized carbons (Fsp3) is 0.429. The Bertz CT molecular complexity index is 584. The monoisotopic (exact) mass is 320 g/mol. The summed E-state index contributed by atoms with van der Waals surface area (Å²) in [5, 5.41) is 8.15. The average molecular weight is 321 g/mol. The molecule has 1 N–H and O–H groups in total. The minimum atomic E-state index is 0.716. The Hall–Kier alpha value is -1.20. The summed E-state index contributed by atoms with van der Waals surface area (Å²) in [6.07, 6.45) is 4.41. The third-order valence-corrected chi connectivity index (χ3v) is 3.98. The summed E-state index contributed by atoms with van der Waals surface area (Å²) < 4.78 is 2.90. The minimum absolute atomic E-state index is 0.716. The summed E-state index contributed by atoms with van der Waals surface area (Å²) >= 11 is 3.40. The second kappa shape index (κ2) is 5.06. The average Bonchev–Trinajstić information content (AvgIpc) is 3.17. The van der Waals surface area contributed by atoms with E-state index in [0.717, 1.165) is 22.5 Å². The number of aryl methyl sites for hydroxylation is 1. The van der Waals surface area contributed by atoms with Gasteiger partial charge in [-0.3, -0.25) is 0 Å². The van der Waals surface area contributed by atoms with Gasteiger partial charge in [0.1, 0.15) is 0 Å². The predicted octanol–water partition coefficient (Wildman–Crippen LogP) is 2.90. The Morgan fingerprint density at radius 2 is 2.16 bits per heavy atom. The molecular weight excluding hydrogens is 304 g/mol. The third kappa shape index (κ3) is 2.72. The highest BCUT2D eigenvalue weighted by Crippen LogP contribution is 2.22. The van der Waals surface area contributed by atoms with Crippen molar-refractivity contribution in [1.29, 1.82) is 0 Å². The number of pyridine rings is 1. The lowest BCUT2D eigenvalue weighted by Gasteiger charge is -2.05. The van der Waals surface area contributed by atoms with Gasteiger partial charge in [0.25, 0.3) is 0 Å². The quantitative estimate of drug-likeness (QED) is 0.941. The second-order valence-electron chi connectivity index (χ2n) is 5.05. The maximum atomic E-state index is 4.61. The maximum Gasteiger partial charge on any atom is 0.153 e. The molecule has 0 bridgehead atoms. The third-order valence-electron chi connectivity index (χ3n) is 3.51. The van der Waals surface area contributed by atoms with Gasteiger partial charge in [0, 0.05) is 34.5 Å². The zero-order valence-electron chi connectivity index (χ0n) is 11.2. The van der Waals surface area contributed by atoms with Crippen molar-refractivity contribution >= 4 is 15.9 Å². The van der Waals surface area contributed by atoms with Crippen LogP contribution in [-0.4, -0.2) is 20.8 Å². The van der Waals surface area contributed by atoms with Crippen molar-refractivity contribution in [2.45, 2.75) is 39.3 Å². The SMILES string of the molecule is Cc1nn(-c2ccc(Br)cn2)c(C)c1CNC1CC1. The number of hydrogen-bond acceptors (Lipinski definition) is 3. The Morgan fingerprint density at radius 1 is 1.37 bits per heavy atom. The van der Waals surface area contributed by atoms with Crippen LogP contribution in [0.1, 0.15) is 29.8 Å². The fourth-order valence-electron chi connectivity index (χ4n) is 2.18. The Labute approximate surface area is 121 Å². The number of rotatable bonds is 4. The van der Waals surface area contributed by atoms with Crippen molar-refractivity contribution in [1.82, 2.24) is 20.1 Å². The van der Waals surface area contributed by atoms with E-state index in [1.54, 1.807) is 6.20 Å². The van der Waals surface area contributed by atoms with Gasteiger partial charge < -0.3 is 5.32 Å². The highest BCUT2D eigenvalue weighted by molar-refractivity contribution is 9.10. The van der Waals surface area contributed by atoms with Crippen LogP contribution in [-0.2, 0) is 6.54 Å². The van der Waals surface area contributed by atoms with Gasteiger partial charge in [-0.05, 0) is 54.8 Å². The predicted molar refractivity (Wildman–Crippen MR) is 78.4 cm³/mol. The van der Waals surface area contributed by atoms with Crippen LogP contribution >= 0.6 is 15.9 Å². The molecule has 1 aliphatic rings. The van der Waals surface area contributed by atoms with E-state index in [1.807, 2.05) is 16.8 Å². The molecule has 0 radical (unpaired) electrons. The molecule has 1 aliphatic carbocycles. The number of nitrogens with zero attached hydrogens (tertiary/aromatic N) is 3. The fourth-order valence-corrected chi connectivity index (χ4v) is 2.42. The van der Waals surface area contributed by atoms with Crippen LogP contribution in [0.2, 0.25) is 0 Å². The first-order valence-electron chi connectivity index (χ1n) is 6.55. The van der Waals surface area contributed by atoms with E-state index < -0.39 is 0 Å². The van der Waals surface area contributed by atoms with E-state index in [9.17, 15) is 0 Å². The molecule has 0 aliphatic heterocycles. The molecule has 2 heterocycles. The molecule has 0 saturated heterocycles. The summed E-state index contributed by atoms with van der Waals surface area (Å²) in [5.41, 5.74) is 3.53. The molecule has 0 unspecified atom stereocenters. The molecule has 0 aromatic carbocycles. The summed E-state index contributed by atoms with van der Waals surface area (Å²) in [6, 6.07) is 4.68. The first-order chi connectivity index (χ1) is 9.15. The van der Waals surface area contributed by atoms with E-state index in [0.29, 0.717) is 6.04 Å².